The van der Waals surface area contributed by atoms with Crippen molar-refractivity contribution < 1.29 is 23.7 Å². The van der Waals surface area contributed by atoms with Crippen molar-refractivity contribution in [2.24, 2.45) is 0 Å². The molecule has 0 radical (unpaired) electrons. The average Bonchev–Trinajstić information content (AvgIpc) is 3.68. The summed E-state index contributed by atoms with van der Waals surface area (Å²) in [5.41, 5.74) is 0.965. The number of fused-ring (bicyclic) bond motifs is 1. The first-order valence-corrected chi connectivity index (χ1v) is 12.3. The lowest BCUT2D eigenvalue weighted by atomic mass is 10.2. The summed E-state index contributed by atoms with van der Waals surface area (Å²) in [6.07, 6.45) is 9.06. The van der Waals surface area contributed by atoms with Crippen molar-refractivity contribution in [3.05, 3.63) is 54.6 Å². The van der Waals surface area contributed by atoms with Gasteiger partial charge in [0.25, 0.3) is 5.91 Å². The Kier molecular flexibility index (Phi) is 7.07. The molecule has 10 nitrogen and oxygen atoms in total. The highest BCUT2D eigenvalue weighted by Gasteiger charge is 2.28. The molecule has 3 aromatic heterocycles. The Labute approximate surface area is 214 Å². The van der Waals surface area contributed by atoms with Gasteiger partial charge in [-0.15, -0.1) is 0 Å². The Hall–Kier alpha value is -4.34. The predicted octanol–water partition coefficient (Wildman–Crippen LogP) is 5.40. The standard InChI is InChI=1S/C27H29N5O5/c1-4-5-12-36-24-16-32(17-6-7-17)31-26(24)27(33)30-25-9-8-18(15-29-25)37-21-10-11-28-20-14-23(35-3)22(34-2)13-19(20)21/h8-11,13-17H,4-7,12H2,1-3H3,(H,29,30,33). The number of carbonyl (C=O) groups is 1. The Morgan fingerprint density at radius 2 is 1.86 bits per heavy atom. The maximum atomic E-state index is 13.0. The van der Waals surface area contributed by atoms with E-state index in [9.17, 15) is 4.79 Å². The number of nitrogens with one attached hydrogen (secondary N) is 1. The predicted molar refractivity (Wildman–Crippen MR) is 138 cm³/mol. The molecule has 0 unspecified atom stereocenters. The van der Waals surface area contributed by atoms with Gasteiger partial charge >= 0.3 is 0 Å². The Balaban J connectivity index is 1.31. The second kappa shape index (κ2) is 10.7. The first kappa shape index (κ1) is 24.4. The van der Waals surface area contributed by atoms with E-state index >= 15 is 0 Å². The number of unbranched alkanes of at least 4 members (excludes halogenated alkanes) is 1. The molecular weight excluding hydrogens is 474 g/mol. The van der Waals surface area contributed by atoms with Gasteiger partial charge in [0, 0.05) is 17.6 Å². The van der Waals surface area contributed by atoms with Gasteiger partial charge in [-0.1, -0.05) is 13.3 Å². The van der Waals surface area contributed by atoms with Gasteiger partial charge in [0.05, 0.1) is 44.8 Å². The van der Waals surface area contributed by atoms with Crippen molar-refractivity contribution in [1.29, 1.82) is 0 Å². The SMILES string of the molecule is CCCCOc1cn(C2CC2)nc1C(=O)Nc1ccc(Oc2ccnc3cc(OC)c(OC)cc23)cn1. The highest BCUT2D eigenvalue weighted by Crippen LogP contribution is 2.37. The minimum absolute atomic E-state index is 0.262. The molecule has 0 spiro atoms. The van der Waals surface area contributed by atoms with Crippen LogP contribution in [0.5, 0.6) is 28.7 Å². The molecule has 5 rings (SSSR count). The minimum atomic E-state index is -0.367. The monoisotopic (exact) mass is 503 g/mol. The molecule has 0 saturated heterocycles. The molecule has 1 N–H and O–H groups in total. The van der Waals surface area contributed by atoms with E-state index in [-0.39, 0.29) is 11.6 Å². The zero-order valence-electron chi connectivity index (χ0n) is 21.1. The lowest BCUT2D eigenvalue weighted by molar-refractivity contribution is 0.101. The van der Waals surface area contributed by atoms with Gasteiger partial charge < -0.3 is 24.3 Å². The van der Waals surface area contributed by atoms with Gasteiger partial charge in [-0.2, -0.15) is 5.10 Å². The van der Waals surface area contributed by atoms with Gasteiger partial charge in [-0.3, -0.25) is 14.5 Å². The van der Waals surface area contributed by atoms with Crippen molar-refractivity contribution in [1.82, 2.24) is 19.7 Å². The third-order valence-electron chi connectivity index (χ3n) is 6.00. The second-order valence-electron chi connectivity index (χ2n) is 8.72. The molecule has 0 bridgehead atoms. The summed E-state index contributed by atoms with van der Waals surface area (Å²) >= 11 is 0. The van der Waals surface area contributed by atoms with Crippen molar-refractivity contribution in [2.45, 2.75) is 38.6 Å². The fourth-order valence-corrected chi connectivity index (χ4v) is 3.84. The Morgan fingerprint density at radius 1 is 1.05 bits per heavy atom. The van der Waals surface area contributed by atoms with Crippen LogP contribution in [0.25, 0.3) is 10.9 Å². The number of anilines is 1. The number of methoxy groups -OCH3 is 2. The van der Waals surface area contributed by atoms with Crippen LogP contribution in [0.3, 0.4) is 0 Å². The number of benzene rings is 1. The van der Waals surface area contributed by atoms with Crippen LogP contribution in [-0.2, 0) is 0 Å². The quantitative estimate of drug-likeness (QED) is 0.271. The molecule has 1 aliphatic carbocycles. The topological polar surface area (TPSA) is 110 Å². The minimum Gasteiger partial charge on any atom is -0.493 e. The molecular formula is C27H29N5O5. The van der Waals surface area contributed by atoms with Crippen molar-refractivity contribution in [3.63, 3.8) is 0 Å². The summed E-state index contributed by atoms with van der Waals surface area (Å²) in [5.74, 6) is 2.76. The summed E-state index contributed by atoms with van der Waals surface area (Å²) in [4.78, 5) is 21.7. The first-order valence-electron chi connectivity index (χ1n) is 12.3. The molecule has 10 heteroatoms. The average molecular weight is 504 g/mol. The first-order chi connectivity index (χ1) is 18.1. The number of nitrogens with zero attached hydrogens (tertiary/aromatic N) is 4. The molecule has 4 aromatic rings. The van der Waals surface area contributed by atoms with E-state index in [1.165, 1.54) is 0 Å². The van der Waals surface area contributed by atoms with Crippen LogP contribution in [0.2, 0.25) is 0 Å². The van der Waals surface area contributed by atoms with Crippen LogP contribution in [0.15, 0.2) is 48.9 Å². The molecule has 1 amide bonds. The summed E-state index contributed by atoms with van der Waals surface area (Å²) in [6, 6.07) is 9.13. The summed E-state index contributed by atoms with van der Waals surface area (Å²) < 4.78 is 24.5. The molecule has 1 aromatic carbocycles. The van der Waals surface area contributed by atoms with Gasteiger partial charge in [0.2, 0.25) is 0 Å². The third-order valence-corrected chi connectivity index (χ3v) is 6.00. The molecule has 1 saturated carbocycles. The maximum absolute atomic E-state index is 13.0. The number of hydrogen-bond donors (Lipinski definition) is 1. The van der Waals surface area contributed by atoms with Gasteiger partial charge in [0.1, 0.15) is 17.3 Å². The molecule has 3 heterocycles. The van der Waals surface area contributed by atoms with E-state index in [0.717, 1.165) is 31.1 Å². The van der Waals surface area contributed by atoms with Crippen molar-refractivity contribution in [2.75, 3.05) is 26.1 Å². The maximum Gasteiger partial charge on any atom is 0.281 e. The van der Waals surface area contributed by atoms with Crippen molar-refractivity contribution >= 4 is 22.6 Å². The number of ether oxygens (including phenoxy) is 4. The van der Waals surface area contributed by atoms with E-state index in [2.05, 4.69) is 27.3 Å². The fraction of sp³-hybridized carbons (Fsp3) is 0.333. The van der Waals surface area contributed by atoms with E-state index in [1.807, 2.05) is 16.9 Å². The number of pyridine rings is 2. The lowest BCUT2D eigenvalue weighted by Gasteiger charge is -2.12. The Morgan fingerprint density at radius 3 is 2.57 bits per heavy atom. The van der Waals surface area contributed by atoms with Gasteiger partial charge in [-0.05, 0) is 43.5 Å². The number of amides is 1. The van der Waals surface area contributed by atoms with E-state index in [0.29, 0.717) is 52.7 Å². The third kappa shape index (κ3) is 5.42. The van der Waals surface area contributed by atoms with Gasteiger partial charge in [-0.25, -0.2) is 4.98 Å². The number of carbonyl (C=O) groups excluding carboxylic acids is 1. The lowest BCUT2D eigenvalue weighted by Crippen LogP contribution is -2.15. The highest BCUT2D eigenvalue weighted by molar-refractivity contribution is 6.04. The molecule has 192 valence electrons. The zero-order chi connectivity index (χ0) is 25.8. The second-order valence-corrected chi connectivity index (χ2v) is 8.72. The van der Waals surface area contributed by atoms with Crippen LogP contribution in [-0.4, -0.2) is 46.5 Å². The fourth-order valence-electron chi connectivity index (χ4n) is 3.84. The number of hydrogen-bond acceptors (Lipinski definition) is 8. The molecule has 1 aliphatic rings. The summed E-state index contributed by atoms with van der Waals surface area (Å²) in [6.45, 7) is 2.63. The highest BCUT2D eigenvalue weighted by atomic mass is 16.5. The molecule has 0 atom stereocenters. The van der Waals surface area contributed by atoms with Crippen LogP contribution >= 0.6 is 0 Å². The molecule has 0 aliphatic heterocycles. The summed E-state index contributed by atoms with van der Waals surface area (Å²) in [7, 11) is 3.16. The van der Waals surface area contributed by atoms with Gasteiger partial charge in [0.15, 0.2) is 22.9 Å². The summed E-state index contributed by atoms with van der Waals surface area (Å²) in [5, 5.41) is 8.05. The number of rotatable bonds is 11. The molecule has 1 fully saturated rings. The van der Waals surface area contributed by atoms with Crippen molar-refractivity contribution in [3.8, 4) is 28.7 Å². The van der Waals surface area contributed by atoms with E-state index in [4.69, 9.17) is 18.9 Å². The van der Waals surface area contributed by atoms with E-state index in [1.54, 1.807) is 50.9 Å². The van der Waals surface area contributed by atoms with Crippen LogP contribution < -0.4 is 24.3 Å². The zero-order valence-corrected chi connectivity index (χ0v) is 21.1. The Bertz CT molecular complexity index is 1400. The van der Waals surface area contributed by atoms with E-state index < -0.39 is 0 Å². The largest absolute Gasteiger partial charge is 0.493 e. The normalized spacial score (nSPS) is 12.8. The van der Waals surface area contributed by atoms with Crippen LogP contribution in [0, 0.1) is 0 Å². The van der Waals surface area contributed by atoms with Crippen LogP contribution in [0.1, 0.15) is 49.1 Å². The smallest absolute Gasteiger partial charge is 0.281 e. The molecule has 37 heavy (non-hydrogen) atoms. The van der Waals surface area contributed by atoms with Crippen LogP contribution in [0.4, 0.5) is 5.82 Å². The number of aromatic nitrogens is 4.